The molecular weight excluding hydrogens is 398 g/mol. The molecule has 0 radical (unpaired) electrons. The van der Waals surface area contributed by atoms with E-state index < -0.39 is 10.0 Å². The van der Waals surface area contributed by atoms with Crippen LogP contribution in [0.5, 0.6) is 0 Å². The van der Waals surface area contributed by atoms with Gasteiger partial charge in [-0.3, -0.25) is 9.12 Å². The van der Waals surface area contributed by atoms with Gasteiger partial charge >= 0.3 is 0 Å². The zero-order chi connectivity index (χ0) is 15.2. The molecule has 5 nitrogen and oxygen atoms in total. The number of nitrogens with one attached hydrogen (secondary N) is 1. The second-order valence-corrected chi connectivity index (χ2v) is 8.02. The lowest BCUT2D eigenvalue weighted by molar-refractivity contribution is 0.597. The molecule has 0 aliphatic carbocycles. The number of hydrogen-bond acceptors (Lipinski definition) is 4. The summed E-state index contributed by atoms with van der Waals surface area (Å²) in [6, 6.07) is 5.20. The van der Waals surface area contributed by atoms with Gasteiger partial charge in [-0.2, -0.15) is 8.42 Å². The summed E-state index contributed by atoms with van der Waals surface area (Å²) in [5.74, 6) is 0. The van der Waals surface area contributed by atoms with E-state index in [9.17, 15) is 8.42 Å². The van der Waals surface area contributed by atoms with Gasteiger partial charge < -0.3 is 0 Å². The Hall–Kier alpha value is -1.09. The van der Waals surface area contributed by atoms with Crippen molar-refractivity contribution in [3.05, 3.63) is 45.0 Å². The first-order valence-corrected chi connectivity index (χ1v) is 9.32. The third kappa shape index (κ3) is 2.68. The van der Waals surface area contributed by atoms with Gasteiger partial charge in [-0.15, -0.1) is 11.3 Å². The summed E-state index contributed by atoms with van der Waals surface area (Å²) in [7, 11) is -3.82. The number of hydrogen-bond donors (Lipinski definition) is 1. The maximum atomic E-state index is 12.5. The van der Waals surface area contributed by atoms with E-state index in [1.54, 1.807) is 29.8 Å². The van der Waals surface area contributed by atoms with Crippen molar-refractivity contribution < 1.29 is 8.42 Å². The summed E-state index contributed by atoms with van der Waals surface area (Å²) in [5.41, 5.74) is 1.40. The summed E-state index contributed by atoms with van der Waals surface area (Å²) >= 11 is 10.7. The van der Waals surface area contributed by atoms with Crippen LogP contribution in [-0.2, 0) is 10.0 Å². The normalized spacial score (nSPS) is 12.0. The Morgan fingerprint density at radius 3 is 2.90 bits per heavy atom. The summed E-state index contributed by atoms with van der Waals surface area (Å²) in [5, 5.41) is 1.66. The molecular formula is C12H9BrClN3O2S2. The van der Waals surface area contributed by atoms with E-state index in [0.717, 1.165) is 10.0 Å². The van der Waals surface area contributed by atoms with Crippen molar-refractivity contribution in [2.75, 3.05) is 4.72 Å². The molecule has 0 bridgehead atoms. The van der Waals surface area contributed by atoms with Crippen molar-refractivity contribution in [1.82, 2.24) is 9.38 Å². The lowest BCUT2D eigenvalue weighted by Gasteiger charge is -2.09. The molecule has 0 aliphatic heterocycles. The van der Waals surface area contributed by atoms with Crippen LogP contribution >= 0.6 is 38.9 Å². The minimum Gasteiger partial charge on any atom is -0.278 e. The average Bonchev–Trinajstić information content (AvgIpc) is 2.92. The molecule has 0 saturated carbocycles. The van der Waals surface area contributed by atoms with Crippen molar-refractivity contribution in [3.63, 3.8) is 0 Å². The molecule has 3 rings (SSSR count). The number of halogens is 2. The van der Waals surface area contributed by atoms with Gasteiger partial charge in [0, 0.05) is 21.7 Å². The van der Waals surface area contributed by atoms with Crippen LogP contribution in [0.3, 0.4) is 0 Å². The minimum atomic E-state index is -3.82. The van der Waals surface area contributed by atoms with Crippen LogP contribution in [0.15, 0.2) is 39.3 Å². The maximum absolute atomic E-state index is 12.5. The molecule has 9 heteroatoms. The van der Waals surface area contributed by atoms with Crippen molar-refractivity contribution in [2.45, 2.75) is 11.9 Å². The Balaban J connectivity index is 2.06. The fraction of sp³-hybridized carbons (Fsp3) is 0.0833. The third-order valence-corrected chi connectivity index (χ3v) is 6.27. The van der Waals surface area contributed by atoms with E-state index in [0.29, 0.717) is 10.6 Å². The van der Waals surface area contributed by atoms with Crippen LogP contribution in [0.1, 0.15) is 5.56 Å². The molecule has 0 saturated heterocycles. The number of fused-ring (bicyclic) bond motifs is 1. The molecule has 21 heavy (non-hydrogen) atoms. The molecule has 0 unspecified atom stereocenters. The highest BCUT2D eigenvalue weighted by Gasteiger charge is 2.25. The van der Waals surface area contributed by atoms with Crippen molar-refractivity contribution >= 4 is 59.5 Å². The van der Waals surface area contributed by atoms with Crippen LogP contribution < -0.4 is 4.72 Å². The fourth-order valence-corrected chi connectivity index (χ4v) is 4.64. The zero-order valence-corrected chi connectivity index (χ0v) is 14.6. The molecule has 0 aliphatic rings. The first-order chi connectivity index (χ1) is 9.88. The Morgan fingerprint density at radius 1 is 1.43 bits per heavy atom. The summed E-state index contributed by atoms with van der Waals surface area (Å²) in [6.07, 6.45) is 1.63. The van der Waals surface area contributed by atoms with Gasteiger partial charge in [0.1, 0.15) is 0 Å². The zero-order valence-electron chi connectivity index (χ0n) is 10.7. The number of aryl methyl sites for hydroxylation is 1. The minimum absolute atomic E-state index is 0.0387. The Kier molecular flexibility index (Phi) is 3.73. The van der Waals surface area contributed by atoms with E-state index in [1.807, 2.05) is 6.92 Å². The van der Waals surface area contributed by atoms with Crippen LogP contribution in [0.25, 0.3) is 4.96 Å². The van der Waals surface area contributed by atoms with E-state index in [4.69, 9.17) is 11.6 Å². The number of rotatable bonds is 3. The second-order valence-electron chi connectivity index (χ2n) is 4.33. The standard InChI is InChI=1S/C12H9BrClN3O2S2/c1-7-6-8(2-3-9(7)13)16-21(18,19)11-10(14)15-12-17(11)4-5-20-12/h2-6,16H,1H3. The Labute approximate surface area is 138 Å². The van der Waals surface area contributed by atoms with Gasteiger partial charge in [0.25, 0.3) is 10.0 Å². The van der Waals surface area contributed by atoms with Crippen molar-refractivity contribution in [3.8, 4) is 0 Å². The maximum Gasteiger partial charge on any atom is 0.281 e. The predicted molar refractivity (Wildman–Crippen MR) is 87.8 cm³/mol. The van der Waals surface area contributed by atoms with E-state index in [1.165, 1.54) is 15.7 Å². The van der Waals surface area contributed by atoms with Crippen LogP contribution in [0.2, 0.25) is 5.15 Å². The Morgan fingerprint density at radius 2 is 2.19 bits per heavy atom. The number of thiazole rings is 1. The molecule has 0 amide bonds. The third-order valence-electron chi connectivity index (χ3n) is 2.84. The first kappa shape index (κ1) is 14.8. The summed E-state index contributed by atoms with van der Waals surface area (Å²) in [6.45, 7) is 1.88. The molecule has 1 N–H and O–H groups in total. The van der Waals surface area contributed by atoms with Gasteiger partial charge in [0.15, 0.2) is 15.1 Å². The number of nitrogens with zero attached hydrogens (tertiary/aromatic N) is 2. The van der Waals surface area contributed by atoms with Crippen LogP contribution in [0, 0.1) is 6.92 Å². The molecule has 0 fully saturated rings. The first-order valence-electron chi connectivity index (χ1n) is 5.78. The SMILES string of the molecule is Cc1cc(NS(=O)(=O)c2c(Cl)nc3sccn23)ccc1Br. The monoisotopic (exact) mass is 405 g/mol. The number of imidazole rings is 1. The second kappa shape index (κ2) is 5.28. The highest BCUT2D eigenvalue weighted by molar-refractivity contribution is 9.10. The van der Waals surface area contributed by atoms with Crippen LogP contribution in [0.4, 0.5) is 5.69 Å². The highest BCUT2D eigenvalue weighted by atomic mass is 79.9. The largest absolute Gasteiger partial charge is 0.281 e. The van der Waals surface area contributed by atoms with E-state index in [2.05, 4.69) is 25.6 Å². The Bertz CT molecular complexity index is 933. The van der Waals surface area contributed by atoms with Gasteiger partial charge in [0.05, 0.1) is 0 Å². The van der Waals surface area contributed by atoms with Crippen molar-refractivity contribution in [1.29, 1.82) is 0 Å². The van der Waals surface area contributed by atoms with E-state index >= 15 is 0 Å². The smallest absolute Gasteiger partial charge is 0.278 e. The molecule has 2 heterocycles. The topological polar surface area (TPSA) is 63.5 Å². The predicted octanol–water partition coefficient (Wildman–Crippen LogP) is 3.92. The molecule has 0 atom stereocenters. The highest BCUT2D eigenvalue weighted by Crippen LogP contribution is 2.28. The van der Waals surface area contributed by atoms with Gasteiger partial charge in [-0.25, -0.2) is 4.98 Å². The summed E-state index contributed by atoms with van der Waals surface area (Å²) in [4.78, 5) is 4.57. The van der Waals surface area contributed by atoms with E-state index in [-0.39, 0.29) is 10.2 Å². The number of anilines is 1. The molecule has 0 spiro atoms. The fourth-order valence-electron chi connectivity index (χ4n) is 1.89. The van der Waals surface area contributed by atoms with Crippen LogP contribution in [-0.4, -0.2) is 17.8 Å². The van der Waals surface area contributed by atoms with Gasteiger partial charge in [-0.05, 0) is 30.7 Å². The van der Waals surface area contributed by atoms with Gasteiger partial charge in [0.2, 0.25) is 0 Å². The molecule has 3 aromatic rings. The average molecular weight is 407 g/mol. The molecule has 2 aromatic heterocycles. The quantitative estimate of drug-likeness (QED) is 0.717. The number of benzene rings is 1. The van der Waals surface area contributed by atoms with Crippen molar-refractivity contribution in [2.24, 2.45) is 0 Å². The number of sulfonamides is 1. The van der Waals surface area contributed by atoms with Gasteiger partial charge in [-0.1, -0.05) is 27.5 Å². The number of aromatic nitrogens is 2. The molecule has 110 valence electrons. The molecule has 1 aromatic carbocycles. The lowest BCUT2D eigenvalue weighted by atomic mass is 10.2. The summed E-state index contributed by atoms with van der Waals surface area (Å²) < 4.78 is 29.9. The lowest BCUT2D eigenvalue weighted by Crippen LogP contribution is -2.15.